The van der Waals surface area contributed by atoms with Crippen molar-refractivity contribution in [3.05, 3.63) is 27.7 Å². The first-order chi connectivity index (χ1) is 6.63. The quantitative estimate of drug-likeness (QED) is 0.718. The van der Waals surface area contributed by atoms with Crippen molar-refractivity contribution in [1.82, 2.24) is 0 Å². The maximum atomic E-state index is 10.9. The van der Waals surface area contributed by atoms with Gasteiger partial charge in [-0.25, -0.2) is 0 Å². The third-order valence-electron chi connectivity index (χ3n) is 2.84. The number of benzene rings is 1. The Labute approximate surface area is 92.0 Å². The summed E-state index contributed by atoms with van der Waals surface area (Å²) in [7, 11) is 2.04. The molecule has 2 nitrogen and oxygen atoms in total. The average molecular weight is 254 g/mol. The van der Waals surface area contributed by atoms with Crippen molar-refractivity contribution in [2.24, 2.45) is 0 Å². The van der Waals surface area contributed by atoms with Gasteiger partial charge in [0.1, 0.15) is 0 Å². The van der Waals surface area contributed by atoms with E-state index in [1.54, 1.807) is 0 Å². The lowest BCUT2D eigenvalue weighted by atomic mass is 10.1. The topological polar surface area (TPSA) is 20.3 Å². The Morgan fingerprint density at radius 3 is 2.93 bits per heavy atom. The van der Waals surface area contributed by atoms with Crippen LogP contribution in [0.15, 0.2) is 16.6 Å². The van der Waals surface area contributed by atoms with Crippen LogP contribution in [0.3, 0.4) is 0 Å². The lowest BCUT2D eigenvalue weighted by molar-refractivity contribution is 0.112. The molecule has 0 radical (unpaired) electrons. The zero-order valence-corrected chi connectivity index (χ0v) is 9.84. The smallest absolute Gasteiger partial charge is 0.152 e. The fraction of sp³-hybridized carbons (Fsp3) is 0.364. The third kappa shape index (κ3) is 1.36. The molecular weight excluding hydrogens is 242 g/mol. The van der Waals surface area contributed by atoms with E-state index in [1.165, 1.54) is 5.56 Å². The molecule has 0 N–H and O–H groups in total. The Morgan fingerprint density at radius 1 is 1.57 bits per heavy atom. The van der Waals surface area contributed by atoms with Crippen LogP contribution in [-0.2, 0) is 6.42 Å². The SMILES string of the molecule is CC1Cc2cc(Br)cc(C=O)c2N1C. The molecule has 0 spiro atoms. The predicted molar refractivity (Wildman–Crippen MR) is 61.1 cm³/mol. The van der Waals surface area contributed by atoms with Gasteiger partial charge in [0, 0.05) is 23.1 Å². The maximum absolute atomic E-state index is 10.9. The van der Waals surface area contributed by atoms with Crippen LogP contribution in [0.1, 0.15) is 22.8 Å². The Kier molecular flexibility index (Phi) is 2.35. The number of carbonyl (C=O) groups is 1. The molecule has 0 fully saturated rings. The molecule has 74 valence electrons. The van der Waals surface area contributed by atoms with E-state index in [0.717, 1.165) is 28.4 Å². The molecule has 0 saturated heterocycles. The van der Waals surface area contributed by atoms with E-state index >= 15 is 0 Å². The van der Waals surface area contributed by atoms with E-state index < -0.39 is 0 Å². The van der Waals surface area contributed by atoms with Crippen LogP contribution in [0.5, 0.6) is 0 Å². The number of hydrogen-bond donors (Lipinski definition) is 0. The van der Waals surface area contributed by atoms with E-state index in [-0.39, 0.29) is 0 Å². The summed E-state index contributed by atoms with van der Waals surface area (Å²) in [5.74, 6) is 0. The van der Waals surface area contributed by atoms with Gasteiger partial charge in [-0.2, -0.15) is 0 Å². The zero-order valence-electron chi connectivity index (χ0n) is 8.25. The molecule has 3 heteroatoms. The molecule has 0 amide bonds. The molecule has 0 aromatic heterocycles. The lowest BCUT2D eigenvalue weighted by Gasteiger charge is -2.19. The van der Waals surface area contributed by atoms with Gasteiger partial charge in [0.2, 0.25) is 0 Å². The molecule has 1 unspecified atom stereocenters. The number of rotatable bonds is 1. The van der Waals surface area contributed by atoms with Crippen LogP contribution in [-0.4, -0.2) is 19.4 Å². The largest absolute Gasteiger partial charge is 0.371 e. The summed E-state index contributed by atoms with van der Waals surface area (Å²) in [5, 5.41) is 0. The third-order valence-corrected chi connectivity index (χ3v) is 3.30. The number of carbonyl (C=O) groups excluding carboxylic acids is 1. The van der Waals surface area contributed by atoms with Gasteiger partial charge in [-0.15, -0.1) is 0 Å². The van der Waals surface area contributed by atoms with Gasteiger partial charge < -0.3 is 4.90 Å². The van der Waals surface area contributed by atoms with Crippen molar-refractivity contribution >= 4 is 27.9 Å². The Hall–Kier alpha value is -0.830. The summed E-state index contributed by atoms with van der Waals surface area (Å²) in [6.45, 7) is 2.17. The minimum Gasteiger partial charge on any atom is -0.371 e. The molecular formula is C11H12BrNO. The van der Waals surface area contributed by atoms with E-state index in [4.69, 9.17) is 0 Å². The van der Waals surface area contributed by atoms with Crippen molar-refractivity contribution in [3.63, 3.8) is 0 Å². The standard InChI is InChI=1S/C11H12BrNO/c1-7-3-8-4-10(12)5-9(6-14)11(8)13(7)2/h4-7H,3H2,1-2H3. The van der Waals surface area contributed by atoms with Crippen molar-refractivity contribution in [2.75, 3.05) is 11.9 Å². The summed E-state index contributed by atoms with van der Waals surface area (Å²) in [5.41, 5.74) is 3.13. The summed E-state index contributed by atoms with van der Waals surface area (Å²) >= 11 is 3.42. The molecule has 0 bridgehead atoms. The second kappa shape index (κ2) is 3.39. The van der Waals surface area contributed by atoms with Gasteiger partial charge in [-0.1, -0.05) is 15.9 Å². The molecule has 1 heterocycles. The highest BCUT2D eigenvalue weighted by atomic mass is 79.9. The number of halogens is 1. The van der Waals surface area contributed by atoms with Crippen molar-refractivity contribution in [2.45, 2.75) is 19.4 Å². The van der Waals surface area contributed by atoms with Gasteiger partial charge in [-0.3, -0.25) is 4.79 Å². The minimum absolute atomic E-state index is 0.484. The van der Waals surface area contributed by atoms with Gasteiger partial charge in [-0.05, 0) is 31.0 Å². The molecule has 0 saturated carbocycles. The van der Waals surface area contributed by atoms with Crippen LogP contribution < -0.4 is 4.90 Å². The predicted octanol–water partition coefficient (Wildman–Crippen LogP) is 2.64. The Bertz CT molecular complexity index is 389. The van der Waals surface area contributed by atoms with Crippen LogP contribution in [0.25, 0.3) is 0 Å². The lowest BCUT2D eigenvalue weighted by Crippen LogP contribution is -2.24. The number of fused-ring (bicyclic) bond motifs is 1. The summed E-state index contributed by atoms with van der Waals surface area (Å²) in [6, 6.07) is 4.46. The first kappa shape index (κ1) is 9.71. The number of nitrogens with zero attached hydrogens (tertiary/aromatic N) is 1. The minimum atomic E-state index is 0.484. The Balaban J connectivity index is 2.61. The average Bonchev–Trinajstić information content (AvgIpc) is 2.41. The highest BCUT2D eigenvalue weighted by Crippen LogP contribution is 2.35. The maximum Gasteiger partial charge on any atom is 0.152 e. The zero-order chi connectivity index (χ0) is 10.3. The molecule has 1 aliphatic heterocycles. The van der Waals surface area contributed by atoms with E-state index in [9.17, 15) is 4.79 Å². The number of hydrogen-bond acceptors (Lipinski definition) is 2. The fourth-order valence-corrected chi connectivity index (χ4v) is 2.55. The van der Waals surface area contributed by atoms with Crippen molar-refractivity contribution in [1.29, 1.82) is 0 Å². The monoisotopic (exact) mass is 253 g/mol. The van der Waals surface area contributed by atoms with Crippen LogP contribution >= 0.6 is 15.9 Å². The molecule has 0 aliphatic carbocycles. The van der Waals surface area contributed by atoms with Crippen LogP contribution in [0, 0.1) is 0 Å². The van der Waals surface area contributed by atoms with Crippen LogP contribution in [0.2, 0.25) is 0 Å². The highest BCUT2D eigenvalue weighted by Gasteiger charge is 2.25. The highest BCUT2D eigenvalue weighted by molar-refractivity contribution is 9.10. The molecule has 1 aliphatic rings. The van der Waals surface area contributed by atoms with Crippen molar-refractivity contribution < 1.29 is 4.79 Å². The number of anilines is 1. The summed E-state index contributed by atoms with van der Waals surface area (Å²) in [6.07, 6.45) is 1.95. The summed E-state index contributed by atoms with van der Waals surface area (Å²) in [4.78, 5) is 13.1. The second-order valence-corrected chi connectivity index (χ2v) is 4.70. The Morgan fingerprint density at radius 2 is 2.29 bits per heavy atom. The normalized spacial score (nSPS) is 19.6. The van der Waals surface area contributed by atoms with E-state index in [1.807, 2.05) is 13.1 Å². The van der Waals surface area contributed by atoms with Gasteiger partial charge in [0.15, 0.2) is 6.29 Å². The molecule has 1 aromatic carbocycles. The van der Waals surface area contributed by atoms with Crippen LogP contribution in [0.4, 0.5) is 5.69 Å². The van der Waals surface area contributed by atoms with Crippen molar-refractivity contribution in [3.8, 4) is 0 Å². The molecule has 1 aromatic rings. The summed E-state index contributed by atoms with van der Waals surface area (Å²) < 4.78 is 0.987. The number of aldehydes is 1. The molecule has 2 rings (SSSR count). The van der Waals surface area contributed by atoms with Gasteiger partial charge >= 0.3 is 0 Å². The first-order valence-corrected chi connectivity index (χ1v) is 5.43. The second-order valence-electron chi connectivity index (χ2n) is 3.78. The molecule has 14 heavy (non-hydrogen) atoms. The number of likely N-dealkylation sites (N-methyl/N-ethyl adjacent to an activating group) is 1. The van der Waals surface area contributed by atoms with Gasteiger partial charge in [0.25, 0.3) is 0 Å². The van der Waals surface area contributed by atoms with E-state index in [0.29, 0.717) is 6.04 Å². The van der Waals surface area contributed by atoms with E-state index in [2.05, 4.69) is 33.8 Å². The first-order valence-electron chi connectivity index (χ1n) is 4.64. The van der Waals surface area contributed by atoms with Gasteiger partial charge in [0.05, 0.1) is 5.69 Å². The molecule has 1 atom stereocenters. The fourth-order valence-electron chi connectivity index (χ4n) is 2.03.